The van der Waals surface area contributed by atoms with Crippen LogP contribution in [0.2, 0.25) is 0 Å². The average Bonchev–Trinajstić information content (AvgIpc) is 1.81. The fourth-order valence-electron chi connectivity index (χ4n) is 0.515. The van der Waals surface area contributed by atoms with Crippen molar-refractivity contribution in [1.82, 2.24) is 0 Å². The second-order valence-electron chi connectivity index (χ2n) is 1.74. The zero-order chi connectivity index (χ0) is 6.24. The van der Waals surface area contributed by atoms with E-state index >= 15 is 0 Å². The second-order valence-corrected chi connectivity index (χ2v) is 3.09. The van der Waals surface area contributed by atoms with Gasteiger partial charge in [-0.2, -0.15) is 0 Å². The lowest BCUT2D eigenvalue weighted by molar-refractivity contribution is 0.734. The molecule has 8 heavy (non-hydrogen) atoms. The zero-order valence-corrected chi connectivity index (χ0v) is 6.69. The molecule has 0 fully saturated rings. The topological polar surface area (TPSA) is 0 Å². The minimum absolute atomic E-state index is 1.07. The molecule has 0 aliphatic carbocycles. The molecule has 0 aliphatic heterocycles. The molecule has 0 atom stereocenters. The molecular weight excluding hydrogens is 136 g/mol. The van der Waals surface area contributed by atoms with E-state index in [2.05, 4.69) is 6.92 Å². The van der Waals surface area contributed by atoms with Gasteiger partial charge in [0, 0.05) is 5.75 Å². The van der Waals surface area contributed by atoms with E-state index in [1.165, 1.54) is 30.1 Å². The van der Waals surface area contributed by atoms with Crippen molar-refractivity contribution >= 4 is 22.5 Å². The summed E-state index contributed by atoms with van der Waals surface area (Å²) in [6, 6.07) is 0. The van der Waals surface area contributed by atoms with Crippen LogP contribution < -0.4 is 0 Å². The van der Waals surface area contributed by atoms with Crippen molar-refractivity contribution < 1.29 is 0 Å². The minimum Gasteiger partial charge on any atom is -0.0817 e. The second kappa shape index (κ2) is 7.70. The summed E-state index contributed by atoms with van der Waals surface area (Å²) in [7, 11) is 1.51. The van der Waals surface area contributed by atoms with Crippen molar-refractivity contribution in [2.75, 3.05) is 5.75 Å². The van der Waals surface area contributed by atoms with Crippen molar-refractivity contribution in [2.45, 2.75) is 25.7 Å². The normalized spacial score (nSPS) is 9.75. The van der Waals surface area contributed by atoms with Crippen LogP contribution in [0.25, 0.3) is 0 Å². The maximum atomic E-state index is 4.70. The summed E-state index contributed by atoms with van der Waals surface area (Å²) in [5.41, 5.74) is 0. The van der Waals surface area contributed by atoms with Crippen LogP contribution >= 0.6 is 22.5 Å². The minimum atomic E-state index is 1.07. The predicted molar refractivity (Wildman–Crippen MR) is 43.9 cm³/mol. The summed E-state index contributed by atoms with van der Waals surface area (Å²) in [4.78, 5) is 0. The van der Waals surface area contributed by atoms with Crippen molar-refractivity contribution in [3.8, 4) is 0 Å². The fourth-order valence-corrected chi connectivity index (χ4v) is 1.19. The molecule has 0 saturated carbocycles. The standard InChI is InChI=1S/C6H12S2/c1-2-3-4-5-6-8-7/h1-6H2. The number of rotatable bonds is 5. The molecule has 0 amide bonds. The summed E-state index contributed by atoms with van der Waals surface area (Å²) in [6.45, 7) is 3.75. The van der Waals surface area contributed by atoms with Crippen LogP contribution in [0.5, 0.6) is 0 Å². The highest BCUT2D eigenvalue weighted by molar-refractivity contribution is 8.68. The van der Waals surface area contributed by atoms with Crippen LogP contribution in [0.4, 0.5) is 0 Å². The van der Waals surface area contributed by atoms with Crippen LogP contribution in [0.1, 0.15) is 25.7 Å². The molecule has 0 spiro atoms. The Morgan fingerprint density at radius 3 is 2.50 bits per heavy atom. The van der Waals surface area contributed by atoms with Gasteiger partial charge < -0.3 is 0 Å². The van der Waals surface area contributed by atoms with Crippen molar-refractivity contribution in [2.24, 2.45) is 0 Å². The van der Waals surface area contributed by atoms with E-state index in [9.17, 15) is 0 Å². The van der Waals surface area contributed by atoms with Gasteiger partial charge in [-0.25, -0.2) is 0 Å². The molecule has 0 aromatic carbocycles. The first-order chi connectivity index (χ1) is 3.91. The summed E-state index contributed by atoms with van der Waals surface area (Å²) >= 11 is 4.70. The lowest BCUT2D eigenvalue weighted by Gasteiger charge is -1.92. The zero-order valence-electron chi connectivity index (χ0n) is 5.06. The van der Waals surface area contributed by atoms with Crippen molar-refractivity contribution in [1.29, 1.82) is 0 Å². The molecular formula is C6H12S2. The van der Waals surface area contributed by atoms with Gasteiger partial charge in [-0.3, -0.25) is 0 Å². The van der Waals surface area contributed by atoms with Gasteiger partial charge in [0.15, 0.2) is 0 Å². The summed E-state index contributed by atoms with van der Waals surface area (Å²) in [5.74, 6) is 1.13. The average molecular weight is 148 g/mol. The lowest BCUT2D eigenvalue weighted by Crippen LogP contribution is -1.76. The van der Waals surface area contributed by atoms with Gasteiger partial charge in [-0.05, 0) is 18.1 Å². The monoisotopic (exact) mass is 148 g/mol. The Labute approximate surface area is 61.2 Å². The molecule has 0 unspecified atom stereocenters. The predicted octanol–water partition coefficient (Wildman–Crippen LogP) is 3.23. The first-order valence-corrected chi connectivity index (χ1v) is 4.87. The fraction of sp³-hybridized carbons (Fsp3) is 0.833. The third kappa shape index (κ3) is 6.70. The Kier molecular flexibility index (Phi) is 8.37. The van der Waals surface area contributed by atoms with Gasteiger partial charge in [0.25, 0.3) is 0 Å². The van der Waals surface area contributed by atoms with Crippen LogP contribution in [-0.2, 0) is 0 Å². The molecule has 0 bridgehead atoms. The smallest absolute Gasteiger partial charge is 0.00454 e. The summed E-state index contributed by atoms with van der Waals surface area (Å²) in [6.07, 6.45) is 4.90. The van der Waals surface area contributed by atoms with E-state index in [0.717, 1.165) is 12.2 Å². The third-order valence-electron chi connectivity index (χ3n) is 0.978. The highest BCUT2D eigenvalue weighted by atomic mass is 33.1. The van der Waals surface area contributed by atoms with Crippen LogP contribution in [-0.4, -0.2) is 5.75 Å². The van der Waals surface area contributed by atoms with Gasteiger partial charge in [0.05, 0.1) is 0 Å². The van der Waals surface area contributed by atoms with E-state index in [1.54, 1.807) is 0 Å². The van der Waals surface area contributed by atoms with Crippen molar-refractivity contribution in [3.63, 3.8) is 0 Å². The van der Waals surface area contributed by atoms with Gasteiger partial charge in [-0.1, -0.05) is 37.0 Å². The number of hydrogen-bond acceptors (Lipinski definition) is 1. The Balaban J connectivity index is 2.53. The van der Waals surface area contributed by atoms with Gasteiger partial charge >= 0.3 is 0 Å². The lowest BCUT2D eigenvalue weighted by atomic mass is 10.2. The molecule has 0 aliphatic rings. The van der Waals surface area contributed by atoms with Crippen LogP contribution in [0.3, 0.4) is 0 Å². The highest BCUT2D eigenvalue weighted by Crippen LogP contribution is 2.09. The Morgan fingerprint density at radius 2 is 2.00 bits per heavy atom. The Morgan fingerprint density at radius 1 is 1.25 bits per heavy atom. The molecule has 0 aromatic rings. The van der Waals surface area contributed by atoms with E-state index in [0.29, 0.717) is 0 Å². The van der Waals surface area contributed by atoms with E-state index in [1.807, 2.05) is 0 Å². The maximum absolute atomic E-state index is 4.70. The molecule has 48 valence electrons. The number of unbranched alkanes of at least 4 members (excludes halogenated alkanes) is 3. The van der Waals surface area contributed by atoms with Gasteiger partial charge in [-0.15, -0.1) is 0 Å². The first-order valence-electron chi connectivity index (χ1n) is 2.96. The van der Waals surface area contributed by atoms with Gasteiger partial charge in [0.2, 0.25) is 0 Å². The highest BCUT2D eigenvalue weighted by Gasteiger charge is 1.84. The molecule has 0 N–H and O–H groups in total. The quantitative estimate of drug-likeness (QED) is 0.426. The Hall–Kier alpha value is 0.700. The Bertz CT molecular complexity index is 31.5. The first kappa shape index (κ1) is 8.70. The van der Waals surface area contributed by atoms with Crippen LogP contribution in [0, 0.1) is 6.92 Å². The largest absolute Gasteiger partial charge is 0.0817 e. The molecule has 2 heteroatoms. The van der Waals surface area contributed by atoms with Crippen molar-refractivity contribution in [3.05, 3.63) is 6.92 Å². The van der Waals surface area contributed by atoms with E-state index in [4.69, 9.17) is 11.7 Å². The molecule has 0 nitrogen and oxygen atoms in total. The van der Waals surface area contributed by atoms with Crippen LogP contribution in [0.15, 0.2) is 0 Å². The molecule has 0 saturated heterocycles. The molecule has 0 rings (SSSR count). The molecule has 0 aromatic heterocycles. The van der Waals surface area contributed by atoms with Gasteiger partial charge in [0.1, 0.15) is 0 Å². The maximum Gasteiger partial charge on any atom is 0.00454 e. The van der Waals surface area contributed by atoms with E-state index < -0.39 is 0 Å². The summed E-state index contributed by atoms with van der Waals surface area (Å²) < 4.78 is 0. The SMILES string of the molecule is [CH2]CCCCCS[S]. The third-order valence-corrected chi connectivity index (χ3v) is 1.93. The molecule has 0 heterocycles. The molecule has 2 radical (unpaired) electrons. The number of hydrogen-bond donors (Lipinski definition) is 0. The van der Waals surface area contributed by atoms with E-state index in [-0.39, 0.29) is 0 Å². The summed E-state index contributed by atoms with van der Waals surface area (Å²) in [5, 5.41) is 0.